The molecule has 0 spiro atoms. The van der Waals surface area contributed by atoms with E-state index in [1.807, 2.05) is 21.1 Å². The van der Waals surface area contributed by atoms with Crippen LogP contribution in [0, 0.1) is 0 Å². The van der Waals surface area contributed by atoms with E-state index < -0.39 is 20.0 Å². The molecule has 3 N–H and O–H groups in total. The Balaban J connectivity index is 3.78. The number of allylic oxidation sites excluding steroid dienone is 2. The molecule has 3 atom stereocenters. The molecular weight excluding hydrogens is 900 g/mol. The van der Waals surface area contributed by atoms with Crippen LogP contribution in [0.5, 0.6) is 0 Å². The lowest BCUT2D eigenvalue weighted by Crippen LogP contribution is -2.46. The highest BCUT2D eigenvalue weighted by Crippen LogP contribution is 2.43. The van der Waals surface area contributed by atoms with Crippen molar-refractivity contribution < 1.29 is 32.9 Å². The largest absolute Gasteiger partial charge is 0.472 e. The summed E-state index contributed by atoms with van der Waals surface area (Å²) in [4.78, 5) is 23.2. The maximum atomic E-state index is 13.0. The fraction of sp³-hybridized carbons (Fsp3) is 0.952. The van der Waals surface area contributed by atoms with Crippen molar-refractivity contribution in [2.75, 3.05) is 40.9 Å². The molecule has 424 valence electrons. The van der Waals surface area contributed by atoms with Crippen molar-refractivity contribution in [3.05, 3.63) is 12.2 Å². The quantitative estimate of drug-likeness (QED) is 0.0243. The predicted octanol–water partition coefficient (Wildman–Crippen LogP) is 19.4. The van der Waals surface area contributed by atoms with Gasteiger partial charge in [0, 0.05) is 6.42 Å². The van der Waals surface area contributed by atoms with Gasteiger partial charge in [0.1, 0.15) is 13.2 Å². The number of carbonyl (C=O) groups excluding carboxylic acids is 1. The summed E-state index contributed by atoms with van der Waals surface area (Å²) in [6, 6.07) is -0.755. The summed E-state index contributed by atoms with van der Waals surface area (Å²) >= 11 is 0. The minimum Gasteiger partial charge on any atom is -0.391 e. The summed E-state index contributed by atoms with van der Waals surface area (Å²) in [6.45, 7) is 4.91. The summed E-state index contributed by atoms with van der Waals surface area (Å²) < 4.78 is 23.7. The highest BCUT2D eigenvalue weighted by Gasteiger charge is 2.28. The first kappa shape index (κ1) is 70.2. The third-order valence-corrected chi connectivity index (χ3v) is 15.7. The second kappa shape index (κ2) is 54.0. The molecular formula is C62H126N2O6P+. The average Bonchev–Trinajstić information content (AvgIpc) is 3.33. The van der Waals surface area contributed by atoms with Gasteiger partial charge in [0.25, 0.3) is 0 Å². The van der Waals surface area contributed by atoms with Crippen molar-refractivity contribution in [3.8, 4) is 0 Å². The number of aliphatic hydroxyl groups is 1. The number of hydrogen-bond donors (Lipinski definition) is 3. The van der Waals surface area contributed by atoms with Gasteiger partial charge in [0.15, 0.2) is 0 Å². The number of hydrogen-bond acceptors (Lipinski definition) is 5. The molecule has 0 aliphatic carbocycles. The lowest BCUT2D eigenvalue weighted by atomic mass is 10.0. The lowest BCUT2D eigenvalue weighted by molar-refractivity contribution is -0.870. The fourth-order valence-electron chi connectivity index (χ4n) is 9.81. The molecule has 0 saturated carbocycles. The van der Waals surface area contributed by atoms with Crippen LogP contribution in [0.4, 0.5) is 0 Å². The van der Waals surface area contributed by atoms with Crippen molar-refractivity contribution in [2.45, 2.75) is 341 Å². The van der Waals surface area contributed by atoms with Gasteiger partial charge in [-0.15, -0.1) is 0 Å². The van der Waals surface area contributed by atoms with E-state index in [2.05, 4.69) is 31.3 Å². The molecule has 0 radical (unpaired) electrons. The van der Waals surface area contributed by atoms with Gasteiger partial charge in [-0.2, -0.15) is 0 Å². The van der Waals surface area contributed by atoms with E-state index in [0.29, 0.717) is 23.9 Å². The van der Waals surface area contributed by atoms with Crippen LogP contribution in [0.3, 0.4) is 0 Å². The fourth-order valence-corrected chi connectivity index (χ4v) is 10.5. The summed E-state index contributed by atoms with van der Waals surface area (Å²) in [5, 5.41) is 14.0. The van der Waals surface area contributed by atoms with Gasteiger partial charge >= 0.3 is 7.82 Å². The van der Waals surface area contributed by atoms with Crippen molar-refractivity contribution in [1.29, 1.82) is 0 Å². The molecule has 0 rings (SSSR count). The molecule has 0 aromatic carbocycles. The number of phosphoric acid groups is 1. The summed E-state index contributed by atoms with van der Waals surface area (Å²) in [6.07, 6.45) is 67.6. The molecule has 0 saturated heterocycles. The smallest absolute Gasteiger partial charge is 0.391 e. The van der Waals surface area contributed by atoms with E-state index in [1.165, 1.54) is 263 Å². The van der Waals surface area contributed by atoms with Crippen molar-refractivity contribution in [2.24, 2.45) is 0 Å². The number of quaternary nitrogens is 1. The topological polar surface area (TPSA) is 105 Å². The van der Waals surface area contributed by atoms with Crippen LogP contribution in [0.25, 0.3) is 0 Å². The van der Waals surface area contributed by atoms with Gasteiger partial charge in [0.05, 0.1) is 39.9 Å². The summed E-state index contributed by atoms with van der Waals surface area (Å²) in [5.41, 5.74) is 0. The summed E-state index contributed by atoms with van der Waals surface area (Å²) in [5.74, 6) is -0.140. The molecule has 8 nitrogen and oxygen atoms in total. The minimum atomic E-state index is -4.31. The maximum Gasteiger partial charge on any atom is 0.472 e. The Morgan fingerprint density at radius 2 is 0.761 bits per heavy atom. The van der Waals surface area contributed by atoms with Crippen molar-refractivity contribution >= 4 is 13.7 Å². The number of nitrogens with one attached hydrogen (secondary N) is 1. The third kappa shape index (κ3) is 56.8. The van der Waals surface area contributed by atoms with Crippen LogP contribution in [0.2, 0.25) is 0 Å². The highest BCUT2D eigenvalue weighted by atomic mass is 31.2. The molecule has 0 aromatic heterocycles. The number of aliphatic hydroxyl groups excluding tert-OH is 1. The Hall–Kier alpha value is -0.760. The lowest BCUT2D eigenvalue weighted by Gasteiger charge is -2.26. The Morgan fingerprint density at radius 1 is 0.465 bits per heavy atom. The number of rotatable bonds is 59. The van der Waals surface area contributed by atoms with Crippen molar-refractivity contribution in [3.63, 3.8) is 0 Å². The number of phosphoric ester groups is 1. The van der Waals surface area contributed by atoms with Crippen LogP contribution in [0.1, 0.15) is 328 Å². The van der Waals surface area contributed by atoms with Crippen LogP contribution in [0.15, 0.2) is 12.2 Å². The molecule has 0 aromatic rings. The Kier molecular flexibility index (Phi) is 53.5. The van der Waals surface area contributed by atoms with E-state index in [9.17, 15) is 19.4 Å². The van der Waals surface area contributed by atoms with E-state index >= 15 is 0 Å². The van der Waals surface area contributed by atoms with Crippen LogP contribution in [-0.2, 0) is 18.4 Å². The van der Waals surface area contributed by atoms with Crippen LogP contribution in [-0.4, -0.2) is 73.4 Å². The van der Waals surface area contributed by atoms with Gasteiger partial charge in [-0.25, -0.2) is 4.57 Å². The van der Waals surface area contributed by atoms with Crippen LogP contribution >= 0.6 is 7.82 Å². The van der Waals surface area contributed by atoms with Gasteiger partial charge in [-0.05, 0) is 38.5 Å². The summed E-state index contributed by atoms with van der Waals surface area (Å²) in [7, 11) is 1.63. The first-order chi connectivity index (χ1) is 34.5. The molecule has 9 heteroatoms. The second-order valence-corrected chi connectivity index (χ2v) is 24.6. The predicted molar refractivity (Wildman–Crippen MR) is 309 cm³/mol. The van der Waals surface area contributed by atoms with Gasteiger partial charge in [-0.3, -0.25) is 13.8 Å². The SMILES string of the molecule is CCCCCCCCCCCCCCCCCCCC/C=C\CCCCCCCCCCCCCCCCCCCC(=O)NC(COP(=O)(O)OCC[N+](C)(C)C)C(O)CCCCCCCCCCCC. The average molecular weight is 1030 g/mol. The maximum absolute atomic E-state index is 13.0. The van der Waals surface area contributed by atoms with E-state index in [0.717, 1.165) is 38.5 Å². The Bertz CT molecular complexity index is 1160. The van der Waals surface area contributed by atoms with Gasteiger partial charge in [-0.1, -0.05) is 296 Å². The van der Waals surface area contributed by atoms with Crippen molar-refractivity contribution in [1.82, 2.24) is 5.32 Å². The standard InChI is InChI=1S/C62H125N2O6P/c1-6-8-10-12-14-16-18-19-20-21-22-23-24-25-26-27-28-29-30-31-32-33-34-35-36-37-38-39-40-41-42-43-44-45-46-48-50-52-54-56-62(66)63-60(59-70-71(67,68)69-58-57-64(3,4)5)61(65)55-53-51-49-47-17-15-13-11-9-7-2/h31-32,60-61,65H,6-30,33-59H2,1-5H3,(H-,63,66,67,68)/p+1/b32-31-. The first-order valence-electron chi connectivity index (χ1n) is 31.6. The normalized spacial score (nSPS) is 13.8. The number of nitrogens with zero attached hydrogens (tertiary/aromatic N) is 1. The number of amides is 1. The van der Waals surface area contributed by atoms with Crippen LogP contribution < -0.4 is 5.32 Å². The second-order valence-electron chi connectivity index (χ2n) is 23.1. The molecule has 71 heavy (non-hydrogen) atoms. The minimum absolute atomic E-state index is 0.0774. The number of unbranched alkanes of at least 4 members (excludes halogenated alkanes) is 44. The molecule has 3 unspecified atom stereocenters. The molecule has 0 fully saturated rings. The zero-order chi connectivity index (χ0) is 52.0. The Morgan fingerprint density at radius 3 is 1.08 bits per heavy atom. The van der Waals surface area contributed by atoms with Gasteiger partial charge < -0.3 is 19.8 Å². The van der Waals surface area contributed by atoms with E-state index in [-0.39, 0.29) is 19.1 Å². The zero-order valence-corrected chi connectivity index (χ0v) is 49.4. The number of carbonyl (C=O) groups is 1. The zero-order valence-electron chi connectivity index (χ0n) is 48.5. The molecule has 0 aliphatic rings. The Labute approximate surface area is 443 Å². The molecule has 0 bridgehead atoms. The third-order valence-electron chi connectivity index (χ3n) is 14.8. The number of likely N-dealkylation sites (N-methyl/N-ethyl adjacent to an activating group) is 1. The van der Waals surface area contributed by atoms with E-state index in [1.54, 1.807) is 0 Å². The van der Waals surface area contributed by atoms with E-state index in [4.69, 9.17) is 9.05 Å². The van der Waals surface area contributed by atoms with Gasteiger partial charge in [0.2, 0.25) is 5.91 Å². The molecule has 0 heterocycles. The molecule has 0 aliphatic heterocycles. The molecule has 1 amide bonds. The first-order valence-corrected chi connectivity index (χ1v) is 33.0. The highest BCUT2D eigenvalue weighted by molar-refractivity contribution is 7.47. The monoisotopic (exact) mass is 1030 g/mol.